The number of carboxylic acid groups (broad SMARTS) is 1. The molecule has 6 nitrogen and oxygen atoms in total. The van der Waals surface area contributed by atoms with E-state index in [1.54, 1.807) is 24.3 Å². The summed E-state index contributed by atoms with van der Waals surface area (Å²) in [6.07, 6.45) is 0.349. The van der Waals surface area contributed by atoms with Crippen LogP contribution >= 0.6 is 11.6 Å². The Kier molecular flexibility index (Phi) is 5.55. The summed E-state index contributed by atoms with van der Waals surface area (Å²) in [4.78, 5) is 10.7. The molecule has 2 aromatic carbocycles. The van der Waals surface area contributed by atoms with E-state index in [1.165, 1.54) is 0 Å². The van der Waals surface area contributed by atoms with Gasteiger partial charge in [-0.05, 0) is 54.6 Å². The summed E-state index contributed by atoms with van der Waals surface area (Å²) in [5, 5.41) is 16.6. The van der Waals surface area contributed by atoms with Gasteiger partial charge in [-0.2, -0.15) is 5.10 Å². The zero-order valence-electron chi connectivity index (χ0n) is 13.9. The number of benzene rings is 2. The topological polar surface area (TPSA) is 101 Å². The average molecular weight is 372 g/mol. The second-order valence-corrected chi connectivity index (χ2v) is 6.36. The van der Waals surface area contributed by atoms with E-state index in [-0.39, 0.29) is 6.42 Å². The highest BCUT2D eigenvalue weighted by Crippen LogP contribution is 2.26. The van der Waals surface area contributed by atoms with Gasteiger partial charge in [-0.15, -0.1) is 0 Å². The Morgan fingerprint density at radius 3 is 2.38 bits per heavy atom. The van der Waals surface area contributed by atoms with Crippen LogP contribution in [0.15, 0.2) is 54.6 Å². The Labute approximate surface area is 155 Å². The number of ether oxygens (including phenoxy) is 1. The highest BCUT2D eigenvalue weighted by molar-refractivity contribution is 6.30. The lowest BCUT2D eigenvalue weighted by atomic mass is 10.1. The summed E-state index contributed by atoms with van der Waals surface area (Å²) in [7, 11) is 0. The van der Waals surface area contributed by atoms with E-state index in [2.05, 4.69) is 10.2 Å². The fourth-order valence-electron chi connectivity index (χ4n) is 2.53. The Morgan fingerprint density at radius 2 is 1.77 bits per heavy atom. The van der Waals surface area contributed by atoms with Gasteiger partial charge in [0, 0.05) is 28.7 Å². The molecule has 0 aliphatic rings. The van der Waals surface area contributed by atoms with Crippen molar-refractivity contribution >= 4 is 17.6 Å². The number of H-pyrrole nitrogens is 1. The normalized spacial score (nSPS) is 11.9. The summed E-state index contributed by atoms with van der Waals surface area (Å²) >= 11 is 5.86. The summed E-state index contributed by atoms with van der Waals surface area (Å²) in [6.45, 7) is 0. The van der Waals surface area contributed by atoms with Gasteiger partial charge >= 0.3 is 5.97 Å². The third-order valence-electron chi connectivity index (χ3n) is 3.75. The Hall–Kier alpha value is -2.83. The van der Waals surface area contributed by atoms with Crippen molar-refractivity contribution in [2.24, 2.45) is 5.73 Å². The van der Waals surface area contributed by atoms with E-state index in [4.69, 9.17) is 27.2 Å². The molecule has 26 heavy (non-hydrogen) atoms. The maximum absolute atomic E-state index is 10.7. The molecule has 0 fully saturated rings. The molecule has 134 valence electrons. The minimum atomic E-state index is -0.909. The standard InChI is InChI=1S/C19H18ClN3O3/c20-13-3-7-17(8-4-13)26-16-5-1-12(2-6-16)18-11-15(22-23-18)9-14(21)10-19(24)25/h1-8,11,14H,9-10,21H2,(H,22,23)(H,24,25)/t14-/m1/s1. The fourth-order valence-corrected chi connectivity index (χ4v) is 2.65. The van der Waals surface area contributed by atoms with Gasteiger partial charge in [0.25, 0.3) is 0 Å². The lowest BCUT2D eigenvalue weighted by Gasteiger charge is -2.06. The third-order valence-corrected chi connectivity index (χ3v) is 4.00. The lowest BCUT2D eigenvalue weighted by molar-refractivity contribution is -0.137. The molecule has 0 unspecified atom stereocenters. The first-order chi connectivity index (χ1) is 12.5. The molecule has 7 heteroatoms. The third kappa shape index (κ3) is 4.84. The van der Waals surface area contributed by atoms with Crippen molar-refractivity contribution in [3.63, 3.8) is 0 Å². The largest absolute Gasteiger partial charge is 0.481 e. The minimum Gasteiger partial charge on any atom is -0.481 e. The molecule has 1 aromatic heterocycles. The van der Waals surface area contributed by atoms with Gasteiger partial charge in [0.05, 0.1) is 12.1 Å². The van der Waals surface area contributed by atoms with Crippen molar-refractivity contribution in [3.05, 3.63) is 65.3 Å². The van der Waals surface area contributed by atoms with Crippen molar-refractivity contribution in [1.82, 2.24) is 10.2 Å². The molecule has 0 aliphatic carbocycles. The van der Waals surface area contributed by atoms with Crippen molar-refractivity contribution < 1.29 is 14.6 Å². The number of nitrogens with zero attached hydrogens (tertiary/aromatic N) is 1. The summed E-state index contributed by atoms with van der Waals surface area (Å²) in [5.74, 6) is 0.500. The molecule has 1 heterocycles. The number of aromatic amines is 1. The molecule has 0 spiro atoms. The Morgan fingerprint density at radius 1 is 1.15 bits per heavy atom. The van der Waals surface area contributed by atoms with Crippen LogP contribution in [0, 0.1) is 0 Å². The van der Waals surface area contributed by atoms with Crippen molar-refractivity contribution in [1.29, 1.82) is 0 Å². The predicted octanol–water partition coefficient (Wildman–Crippen LogP) is 3.87. The van der Waals surface area contributed by atoms with Crippen LogP contribution in [-0.2, 0) is 11.2 Å². The molecule has 4 N–H and O–H groups in total. The number of hydrogen-bond donors (Lipinski definition) is 3. The Balaban J connectivity index is 1.65. The predicted molar refractivity (Wildman–Crippen MR) is 99.5 cm³/mol. The van der Waals surface area contributed by atoms with Gasteiger partial charge in [-0.1, -0.05) is 11.6 Å². The SMILES string of the molecule is N[C@@H](CC(=O)O)Cc1cc(-c2ccc(Oc3ccc(Cl)cc3)cc2)n[nH]1. The van der Waals surface area contributed by atoms with Gasteiger partial charge in [-0.3, -0.25) is 9.89 Å². The second-order valence-electron chi connectivity index (χ2n) is 5.92. The first-order valence-electron chi connectivity index (χ1n) is 8.05. The number of carbonyl (C=O) groups is 1. The molecule has 0 saturated heterocycles. The van der Waals surface area contributed by atoms with Crippen LogP contribution in [0.5, 0.6) is 11.5 Å². The molecule has 3 rings (SSSR count). The van der Waals surface area contributed by atoms with Gasteiger partial charge < -0.3 is 15.6 Å². The minimum absolute atomic E-state index is 0.0783. The van der Waals surface area contributed by atoms with E-state index in [0.29, 0.717) is 22.9 Å². The maximum atomic E-state index is 10.7. The molecule has 0 radical (unpaired) electrons. The van der Waals surface area contributed by atoms with Crippen molar-refractivity contribution in [3.8, 4) is 22.8 Å². The number of carboxylic acids is 1. The van der Waals surface area contributed by atoms with E-state index in [9.17, 15) is 4.79 Å². The number of hydrogen-bond acceptors (Lipinski definition) is 4. The number of halogens is 1. The zero-order valence-corrected chi connectivity index (χ0v) is 14.6. The van der Waals surface area contributed by atoms with Gasteiger partial charge in [-0.25, -0.2) is 0 Å². The molecular weight excluding hydrogens is 354 g/mol. The Bertz CT molecular complexity index is 876. The molecule has 0 amide bonds. The first kappa shape index (κ1) is 18.0. The van der Waals surface area contributed by atoms with Crippen LogP contribution in [-0.4, -0.2) is 27.3 Å². The molecule has 1 atom stereocenters. The number of nitrogens with one attached hydrogen (secondary N) is 1. The summed E-state index contributed by atoms with van der Waals surface area (Å²) < 4.78 is 5.76. The van der Waals surface area contributed by atoms with Crippen LogP contribution < -0.4 is 10.5 Å². The van der Waals surface area contributed by atoms with Crippen LogP contribution in [0.4, 0.5) is 0 Å². The molecule has 0 saturated carbocycles. The van der Waals surface area contributed by atoms with E-state index in [0.717, 1.165) is 17.0 Å². The summed E-state index contributed by atoms with van der Waals surface area (Å²) in [5.41, 5.74) is 8.29. The van der Waals surface area contributed by atoms with Crippen LogP contribution in [0.25, 0.3) is 11.3 Å². The highest BCUT2D eigenvalue weighted by Gasteiger charge is 2.11. The molecule has 0 bridgehead atoms. The number of nitrogens with two attached hydrogens (primary N) is 1. The fraction of sp³-hybridized carbons (Fsp3) is 0.158. The van der Waals surface area contributed by atoms with Crippen molar-refractivity contribution in [2.45, 2.75) is 18.9 Å². The molecular formula is C19H18ClN3O3. The molecule has 0 aliphatic heterocycles. The van der Waals surface area contributed by atoms with Crippen LogP contribution in [0.1, 0.15) is 12.1 Å². The van der Waals surface area contributed by atoms with Crippen LogP contribution in [0.2, 0.25) is 5.02 Å². The number of aromatic nitrogens is 2. The number of rotatable bonds is 7. The monoisotopic (exact) mass is 371 g/mol. The van der Waals surface area contributed by atoms with Gasteiger partial charge in [0.1, 0.15) is 11.5 Å². The number of aliphatic carboxylic acids is 1. The smallest absolute Gasteiger partial charge is 0.304 e. The quantitative estimate of drug-likeness (QED) is 0.585. The van der Waals surface area contributed by atoms with E-state index in [1.807, 2.05) is 30.3 Å². The highest BCUT2D eigenvalue weighted by atomic mass is 35.5. The van der Waals surface area contributed by atoms with Crippen LogP contribution in [0.3, 0.4) is 0 Å². The average Bonchev–Trinajstić information content (AvgIpc) is 3.05. The second kappa shape index (κ2) is 8.03. The maximum Gasteiger partial charge on any atom is 0.304 e. The van der Waals surface area contributed by atoms with Crippen molar-refractivity contribution in [2.75, 3.05) is 0 Å². The summed E-state index contributed by atoms with van der Waals surface area (Å²) in [6, 6.07) is 16.1. The molecule has 3 aromatic rings. The van der Waals surface area contributed by atoms with Gasteiger partial charge in [0.15, 0.2) is 0 Å². The van der Waals surface area contributed by atoms with Gasteiger partial charge in [0.2, 0.25) is 0 Å². The van der Waals surface area contributed by atoms with E-state index >= 15 is 0 Å². The zero-order chi connectivity index (χ0) is 18.5. The van der Waals surface area contributed by atoms with E-state index < -0.39 is 12.0 Å². The lowest BCUT2D eigenvalue weighted by Crippen LogP contribution is -2.26. The first-order valence-corrected chi connectivity index (χ1v) is 8.43.